The maximum absolute atomic E-state index is 6.30. The minimum absolute atomic E-state index is 0.217. The monoisotopic (exact) mass is 408 g/mol. The van der Waals surface area contributed by atoms with Crippen molar-refractivity contribution in [3.05, 3.63) is 35.4 Å². The normalized spacial score (nSPS) is 11.9. The van der Waals surface area contributed by atoms with Gasteiger partial charge in [-0.05, 0) is 49.0 Å². The zero-order chi connectivity index (χ0) is 24.1. The molecule has 0 saturated heterocycles. The van der Waals surface area contributed by atoms with Crippen molar-refractivity contribution in [2.75, 3.05) is 6.61 Å². The van der Waals surface area contributed by atoms with E-state index in [0.717, 1.165) is 13.0 Å². The first kappa shape index (κ1) is 32.8. The summed E-state index contributed by atoms with van der Waals surface area (Å²) in [7, 11) is 0. The van der Waals surface area contributed by atoms with Crippen LogP contribution in [0.3, 0.4) is 0 Å². The van der Waals surface area contributed by atoms with Crippen LogP contribution in [0.15, 0.2) is 24.3 Å². The predicted molar refractivity (Wildman–Crippen MR) is 136 cm³/mol. The van der Waals surface area contributed by atoms with Crippen LogP contribution in [0.5, 0.6) is 0 Å². The zero-order valence-corrected chi connectivity index (χ0v) is 23.1. The summed E-state index contributed by atoms with van der Waals surface area (Å²) >= 11 is 0. The van der Waals surface area contributed by atoms with Crippen LogP contribution < -0.4 is 0 Å². The molecule has 1 aromatic rings. The van der Waals surface area contributed by atoms with Gasteiger partial charge in [-0.3, -0.25) is 0 Å². The molecule has 1 heteroatoms. The third-order valence-corrected chi connectivity index (χ3v) is 6.50. The van der Waals surface area contributed by atoms with E-state index in [1.54, 1.807) is 0 Å². The van der Waals surface area contributed by atoms with Crippen LogP contribution in [-0.2, 0) is 10.3 Å². The van der Waals surface area contributed by atoms with Crippen molar-refractivity contribution in [1.82, 2.24) is 0 Å². The first-order valence-electron chi connectivity index (χ1n) is 11.9. The van der Waals surface area contributed by atoms with Crippen molar-refractivity contribution < 1.29 is 4.74 Å². The van der Waals surface area contributed by atoms with E-state index in [0.29, 0.717) is 0 Å². The number of benzene rings is 1. The summed E-state index contributed by atoms with van der Waals surface area (Å²) in [5.41, 5.74) is 3.01. The van der Waals surface area contributed by atoms with E-state index in [2.05, 4.69) is 93.5 Å². The molecular formula is C28H56O. The highest BCUT2D eigenvalue weighted by Gasteiger charge is 2.45. The molecule has 0 aromatic heterocycles. The molecule has 0 heterocycles. The lowest BCUT2D eigenvalue weighted by atomic mass is 9.54. The highest BCUT2D eigenvalue weighted by atomic mass is 16.5. The Kier molecular flexibility index (Phi) is 16.1. The summed E-state index contributed by atoms with van der Waals surface area (Å²) in [6.45, 7) is 35.8. The van der Waals surface area contributed by atoms with Gasteiger partial charge in [0, 0.05) is 6.61 Å². The Balaban J connectivity index is -0.00000103. The summed E-state index contributed by atoms with van der Waals surface area (Å²) < 4.78 is 6.30. The van der Waals surface area contributed by atoms with E-state index in [1.165, 1.54) is 11.1 Å². The van der Waals surface area contributed by atoms with Gasteiger partial charge in [-0.1, -0.05) is 120 Å². The molecule has 0 radical (unpaired) electrons. The molecule has 0 amide bonds. The maximum Gasteiger partial charge on any atom is 0.0875 e. The molecule has 1 aromatic carbocycles. The lowest BCUT2D eigenvalue weighted by molar-refractivity contribution is -0.0688. The first-order chi connectivity index (χ1) is 13.2. The quantitative estimate of drug-likeness (QED) is 0.455. The fourth-order valence-electron chi connectivity index (χ4n) is 2.93. The van der Waals surface area contributed by atoms with Crippen LogP contribution in [0.1, 0.15) is 121 Å². The van der Waals surface area contributed by atoms with Crippen molar-refractivity contribution in [3.8, 4) is 0 Å². The van der Waals surface area contributed by atoms with E-state index in [4.69, 9.17) is 4.74 Å². The highest BCUT2D eigenvalue weighted by Crippen LogP contribution is 2.52. The molecule has 174 valence electrons. The van der Waals surface area contributed by atoms with Gasteiger partial charge < -0.3 is 4.74 Å². The van der Waals surface area contributed by atoms with Crippen LogP contribution in [0.25, 0.3) is 0 Å². The SMILES string of the molecule is CC.CC.CC.Cc1ccc(C(C)(C)OCCC(C)(C)C(C)(C)C(C)(C)C)cc1. The van der Waals surface area contributed by atoms with Gasteiger partial charge in [-0.25, -0.2) is 0 Å². The molecular weight excluding hydrogens is 352 g/mol. The van der Waals surface area contributed by atoms with E-state index < -0.39 is 0 Å². The average Bonchev–Trinajstić information content (AvgIpc) is 2.65. The minimum atomic E-state index is -0.240. The second-order valence-electron chi connectivity index (χ2n) is 9.73. The number of hydrogen-bond donors (Lipinski definition) is 0. The topological polar surface area (TPSA) is 9.23 Å². The fraction of sp³-hybridized carbons (Fsp3) is 0.786. The van der Waals surface area contributed by atoms with Gasteiger partial charge in [-0.2, -0.15) is 0 Å². The summed E-state index contributed by atoms with van der Waals surface area (Å²) in [6.07, 6.45) is 1.06. The molecule has 1 nitrogen and oxygen atoms in total. The number of aryl methyl sites for hydroxylation is 1. The maximum atomic E-state index is 6.30. The van der Waals surface area contributed by atoms with Crippen molar-refractivity contribution in [2.24, 2.45) is 16.2 Å². The lowest BCUT2D eigenvalue weighted by Gasteiger charge is -2.51. The Morgan fingerprint density at radius 2 is 1.03 bits per heavy atom. The molecule has 0 aliphatic carbocycles. The Morgan fingerprint density at radius 3 is 1.38 bits per heavy atom. The number of ether oxygens (including phenoxy) is 1. The largest absolute Gasteiger partial charge is 0.371 e. The predicted octanol–water partition coefficient (Wildman–Crippen LogP) is 9.81. The van der Waals surface area contributed by atoms with E-state index in [9.17, 15) is 0 Å². The molecule has 0 aliphatic rings. The van der Waals surface area contributed by atoms with Crippen molar-refractivity contribution in [2.45, 2.75) is 123 Å². The molecule has 0 aliphatic heterocycles. The summed E-state index contributed by atoms with van der Waals surface area (Å²) in [5, 5.41) is 0. The zero-order valence-electron chi connectivity index (χ0n) is 23.1. The molecule has 0 saturated carbocycles. The Bertz CT molecular complexity index is 498. The molecule has 1 rings (SSSR count). The van der Waals surface area contributed by atoms with Crippen molar-refractivity contribution in [3.63, 3.8) is 0 Å². The van der Waals surface area contributed by atoms with Gasteiger partial charge in [0.1, 0.15) is 0 Å². The molecule has 0 atom stereocenters. The molecule has 0 bridgehead atoms. The van der Waals surface area contributed by atoms with Crippen molar-refractivity contribution >= 4 is 0 Å². The molecule has 29 heavy (non-hydrogen) atoms. The second-order valence-corrected chi connectivity index (χ2v) is 9.73. The summed E-state index contributed by atoms with van der Waals surface area (Å²) in [4.78, 5) is 0. The highest BCUT2D eigenvalue weighted by molar-refractivity contribution is 5.25. The van der Waals surface area contributed by atoms with Crippen LogP contribution in [0.2, 0.25) is 0 Å². The van der Waals surface area contributed by atoms with Gasteiger partial charge in [-0.15, -0.1) is 0 Å². The Morgan fingerprint density at radius 1 is 0.655 bits per heavy atom. The van der Waals surface area contributed by atoms with E-state index >= 15 is 0 Å². The third-order valence-electron chi connectivity index (χ3n) is 6.50. The van der Waals surface area contributed by atoms with Crippen LogP contribution >= 0.6 is 0 Å². The van der Waals surface area contributed by atoms with Crippen molar-refractivity contribution in [1.29, 1.82) is 0 Å². The van der Waals surface area contributed by atoms with Crippen LogP contribution in [0, 0.1) is 23.2 Å². The number of rotatable bonds is 6. The average molecular weight is 409 g/mol. The molecule has 0 N–H and O–H groups in total. The summed E-state index contributed by atoms with van der Waals surface area (Å²) in [5.74, 6) is 0. The third kappa shape index (κ3) is 10.2. The first-order valence-corrected chi connectivity index (χ1v) is 11.9. The second kappa shape index (κ2) is 14.2. The Hall–Kier alpha value is -0.820. The van der Waals surface area contributed by atoms with Gasteiger partial charge in [0.2, 0.25) is 0 Å². The minimum Gasteiger partial charge on any atom is -0.371 e. The van der Waals surface area contributed by atoms with Gasteiger partial charge in [0.25, 0.3) is 0 Å². The smallest absolute Gasteiger partial charge is 0.0875 e. The molecule has 0 unspecified atom stereocenters. The number of hydrogen-bond acceptors (Lipinski definition) is 1. The van der Waals surface area contributed by atoms with Gasteiger partial charge in [0.05, 0.1) is 5.60 Å². The summed E-state index contributed by atoms with van der Waals surface area (Å²) in [6, 6.07) is 8.68. The molecule has 0 spiro atoms. The molecule has 0 fully saturated rings. The van der Waals surface area contributed by atoms with Crippen LogP contribution in [0.4, 0.5) is 0 Å². The van der Waals surface area contributed by atoms with E-state index in [1.807, 2.05) is 41.5 Å². The lowest BCUT2D eigenvalue weighted by Crippen LogP contribution is -2.43. The van der Waals surface area contributed by atoms with Crippen LogP contribution in [-0.4, -0.2) is 6.61 Å². The van der Waals surface area contributed by atoms with Gasteiger partial charge >= 0.3 is 0 Å². The van der Waals surface area contributed by atoms with E-state index in [-0.39, 0.29) is 21.8 Å². The Labute approximate surface area is 186 Å². The van der Waals surface area contributed by atoms with Gasteiger partial charge in [0.15, 0.2) is 0 Å². The standard InChI is InChI=1S/C22H38O.3C2H6/c1-17-11-13-18(14-12-17)21(7,8)23-16-15-20(5,6)22(9,10)19(2,3)4;3*1-2/h11-14H,15-16H2,1-10H3;3*1-2H3. The fourth-order valence-corrected chi connectivity index (χ4v) is 2.93.